The monoisotopic (exact) mass is 838 g/mol. The summed E-state index contributed by atoms with van der Waals surface area (Å²) >= 11 is 8.51. The molecule has 0 aliphatic rings. The Morgan fingerprint density at radius 2 is 0.929 bits per heavy atom. The van der Waals surface area contributed by atoms with Crippen LogP contribution in [0.2, 0.25) is 0 Å². The van der Waals surface area contributed by atoms with Gasteiger partial charge in [0.25, 0.3) is 0 Å². The van der Waals surface area contributed by atoms with Crippen molar-refractivity contribution >= 4 is 102 Å². The fourth-order valence-electron chi connectivity index (χ4n) is 2.52. The summed E-state index contributed by atoms with van der Waals surface area (Å²) in [4.78, 5) is 25.2. The Morgan fingerprint density at radius 3 is 1.21 bits per heavy atom. The molecule has 0 fully saturated rings. The van der Waals surface area contributed by atoms with Gasteiger partial charge in [-0.25, -0.2) is 9.59 Å². The van der Waals surface area contributed by atoms with E-state index in [1.165, 1.54) is 0 Å². The lowest BCUT2D eigenvalue weighted by Crippen LogP contribution is -2.18. The fourth-order valence-corrected chi connectivity index (χ4v) is 6.59. The second kappa shape index (κ2) is 15.0. The van der Waals surface area contributed by atoms with Gasteiger partial charge in [0.05, 0.1) is 24.3 Å². The normalized spacial score (nSPS) is 10.8. The summed E-state index contributed by atoms with van der Waals surface area (Å²) in [6, 6.07) is 0. The largest absolute Gasteiger partial charge is 0.462 e. The smallest absolute Gasteiger partial charge is 0.340 e. The van der Waals surface area contributed by atoms with Crippen LogP contribution in [-0.4, -0.2) is 25.2 Å². The molecule has 0 aromatic heterocycles. The highest BCUT2D eigenvalue weighted by Crippen LogP contribution is 2.34. The summed E-state index contributed by atoms with van der Waals surface area (Å²) in [6.45, 7) is 5.16. The lowest BCUT2D eigenvalue weighted by atomic mass is 10.1. The van der Waals surface area contributed by atoms with Crippen LogP contribution in [0.4, 0.5) is 0 Å². The molecule has 1 rings (SSSR count). The molecule has 0 bridgehead atoms. The second-order valence-corrected chi connectivity index (χ2v) is 10.7. The average Bonchev–Trinajstić information content (AvgIpc) is 2.66. The first-order valence-electron chi connectivity index (χ1n) is 9.56. The van der Waals surface area contributed by atoms with Gasteiger partial charge >= 0.3 is 11.9 Å². The van der Waals surface area contributed by atoms with Crippen LogP contribution in [0, 0.1) is 14.3 Å². The number of carbonyl (C=O) groups is 2. The first kappa shape index (κ1) is 27.1. The zero-order chi connectivity index (χ0) is 21.1. The van der Waals surface area contributed by atoms with Gasteiger partial charge in [0.1, 0.15) is 0 Å². The van der Waals surface area contributed by atoms with Crippen molar-refractivity contribution in [3.63, 3.8) is 0 Å². The van der Waals surface area contributed by atoms with E-state index in [-0.39, 0.29) is 11.9 Å². The Morgan fingerprint density at radius 1 is 0.607 bits per heavy atom. The molecule has 1 aromatic rings. The molecule has 0 saturated carbocycles. The van der Waals surface area contributed by atoms with E-state index in [4.69, 9.17) is 9.47 Å². The molecular weight excluding hydrogens is 812 g/mol. The number of hydrogen-bond acceptors (Lipinski definition) is 4. The summed E-state index contributed by atoms with van der Waals surface area (Å²) in [5.41, 5.74) is 1.09. The number of hydrogen-bond donors (Lipinski definition) is 0. The summed E-state index contributed by atoms with van der Waals surface area (Å²) in [6.07, 6.45) is 8.49. The molecule has 0 radical (unpaired) electrons. The second-order valence-electron chi connectivity index (χ2n) is 6.40. The van der Waals surface area contributed by atoms with Gasteiger partial charge in [-0.1, -0.05) is 52.4 Å². The average molecular weight is 838 g/mol. The minimum atomic E-state index is -0.319. The van der Waals surface area contributed by atoms with Crippen LogP contribution >= 0.6 is 90.4 Å². The molecule has 158 valence electrons. The van der Waals surface area contributed by atoms with Gasteiger partial charge in [-0.3, -0.25) is 0 Å². The van der Waals surface area contributed by atoms with Gasteiger partial charge in [-0.2, -0.15) is 0 Å². The van der Waals surface area contributed by atoms with E-state index in [2.05, 4.69) is 104 Å². The molecule has 0 spiro atoms. The highest BCUT2D eigenvalue weighted by atomic mass is 127. The van der Waals surface area contributed by atoms with Crippen LogP contribution < -0.4 is 0 Å². The zero-order valence-electron chi connectivity index (χ0n) is 16.2. The SMILES string of the molecule is CCCCCCOC(=O)c1c(I)c(I)c(C(=O)OCCCCCC)c(I)c1I. The summed E-state index contributed by atoms with van der Waals surface area (Å²) in [7, 11) is 0. The fraction of sp³-hybridized carbons (Fsp3) is 0.600. The third kappa shape index (κ3) is 8.31. The summed E-state index contributed by atoms with van der Waals surface area (Å²) in [5.74, 6) is -0.638. The molecule has 0 amide bonds. The molecule has 0 atom stereocenters. The van der Waals surface area contributed by atoms with Gasteiger partial charge < -0.3 is 9.47 Å². The molecular formula is C20H26I4O4. The molecule has 0 N–H and O–H groups in total. The van der Waals surface area contributed by atoms with Crippen LogP contribution in [0.25, 0.3) is 0 Å². The molecule has 1 aromatic carbocycles. The Labute approximate surface area is 222 Å². The maximum Gasteiger partial charge on any atom is 0.340 e. The van der Waals surface area contributed by atoms with E-state index in [9.17, 15) is 9.59 Å². The van der Waals surface area contributed by atoms with Crippen molar-refractivity contribution in [2.45, 2.75) is 65.2 Å². The predicted octanol–water partition coefficient (Wildman–Crippen LogP) is 7.58. The number of halogens is 4. The summed E-state index contributed by atoms with van der Waals surface area (Å²) < 4.78 is 14.0. The Kier molecular flexibility index (Phi) is 14.5. The van der Waals surface area contributed by atoms with Crippen LogP contribution in [-0.2, 0) is 9.47 Å². The lowest BCUT2D eigenvalue weighted by Gasteiger charge is -2.16. The number of esters is 2. The Bertz CT molecular complexity index is 591. The van der Waals surface area contributed by atoms with Crippen molar-refractivity contribution in [3.8, 4) is 0 Å². The Balaban J connectivity index is 2.89. The molecule has 0 saturated heterocycles. The van der Waals surface area contributed by atoms with Crippen LogP contribution in [0.1, 0.15) is 85.9 Å². The topological polar surface area (TPSA) is 52.6 Å². The lowest BCUT2D eigenvalue weighted by molar-refractivity contribution is 0.0479. The van der Waals surface area contributed by atoms with E-state index in [1.807, 2.05) is 0 Å². The number of benzene rings is 1. The van der Waals surface area contributed by atoms with E-state index in [0.29, 0.717) is 24.3 Å². The zero-order valence-corrected chi connectivity index (χ0v) is 24.8. The third-order valence-corrected chi connectivity index (χ3v) is 10.5. The van der Waals surface area contributed by atoms with Crippen molar-refractivity contribution in [1.29, 1.82) is 0 Å². The van der Waals surface area contributed by atoms with Crippen molar-refractivity contribution in [2.75, 3.05) is 13.2 Å². The summed E-state index contributed by atoms with van der Waals surface area (Å²) in [5, 5.41) is 0. The van der Waals surface area contributed by atoms with Crippen molar-refractivity contribution < 1.29 is 19.1 Å². The molecule has 8 heteroatoms. The number of rotatable bonds is 12. The minimum absolute atomic E-state index is 0.319. The molecule has 28 heavy (non-hydrogen) atoms. The molecule has 0 heterocycles. The number of unbranched alkanes of at least 4 members (excludes halogenated alkanes) is 6. The molecule has 4 nitrogen and oxygen atoms in total. The highest BCUT2D eigenvalue weighted by Gasteiger charge is 2.28. The number of carbonyl (C=O) groups excluding carboxylic acids is 2. The van der Waals surface area contributed by atoms with Crippen LogP contribution in [0.5, 0.6) is 0 Å². The quantitative estimate of drug-likeness (QED) is 0.0944. The number of ether oxygens (including phenoxy) is 2. The van der Waals surface area contributed by atoms with E-state index < -0.39 is 0 Å². The van der Waals surface area contributed by atoms with Gasteiger partial charge in [0.2, 0.25) is 0 Å². The van der Waals surface area contributed by atoms with E-state index >= 15 is 0 Å². The minimum Gasteiger partial charge on any atom is -0.462 e. The van der Waals surface area contributed by atoms with Gasteiger partial charge in [0, 0.05) is 14.3 Å². The molecule has 0 aliphatic carbocycles. The maximum atomic E-state index is 12.6. The molecule has 0 unspecified atom stereocenters. The first-order chi connectivity index (χ1) is 13.4. The predicted molar refractivity (Wildman–Crippen MR) is 146 cm³/mol. The van der Waals surface area contributed by atoms with Crippen molar-refractivity contribution in [1.82, 2.24) is 0 Å². The van der Waals surface area contributed by atoms with Crippen LogP contribution in [0.3, 0.4) is 0 Å². The van der Waals surface area contributed by atoms with Crippen LogP contribution in [0.15, 0.2) is 0 Å². The molecule has 0 aliphatic heterocycles. The first-order valence-corrected chi connectivity index (χ1v) is 13.9. The maximum absolute atomic E-state index is 12.6. The standard InChI is InChI=1S/C20H26I4O4/c1-3-5-7-9-11-27-19(25)13-15(21)17(23)14(18(24)16(13)22)20(26)28-12-10-8-6-4-2/h3-12H2,1-2H3. The van der Waals surface area contributed by atoms with Gasteiger partial charge in [0.15, 0.2) is 0 Å². The third-order valence-electron chi connectivity index (χ3n) is 4.13. The van der Waals surface area contributed by atoms with Crippen molar-refractivity contribution in [2.24, 2.45) is 0 Å². The van der Waals surface area contributed by atoms with Gasteiger partial charge in [-0.05, 0) is 103 Å². The highest BCUT2D eigenvalue weighted by molar-refractivity contribution is 14.1. The Hall–Kier alpha value is 1.08. The van der Waals surface area contributed by atoms with Gasteiger partial charge in [-0.15, -0.1) is 0 Å². The van der Waals surface area contributed by atoms with E-state index in [0.717, 1.165) is 65.6 Å². The van der Waals surface area contributed by atoms with Crippen molar-refractivity contribution in [3.05, 3.63) is 25.4 Å². The van der Waals surface area contributed by atoms with E-state index in [1.54, 1.807) is 0 Å².